The molecule has 2 saturated heterocycles. The molecule has 31 heavy (non-hydrogen) atoms. The van der Waals surface area contributed by atoms with Gasteiger partial charge in [-0.3, -0.25) is 9.80 Å². The van der Waals surface area contributed by atoms with Gasteiger partial charge in [-0.1, -0.05) is 30.9 Å². The number of halogens is 1. The molecular weight excluding hydrogens is 412 g/mol. The van der Waals surface area contributed by atoms with E-state index in [1.165, 1.54) is 0 Å². The maximum absolute atomic E-state index is 6.02. The van der Waals surface area contributed by atoms with Gasteiger partial charge in [-0.15, -0.1) is 11.6 Å². The van der Waals surface area contributed by atoms with Crippen molar-refractivity contribution in [2.45, 2.75) is 0 Å². The Kier molecular flexibility index (Phi) is 10.1. The van der Waals surface area contributed by atoms with E-state index in [4.69, 9.17) is 26.1 Å². The third-order valence-electron chi connectivity index (χ3n) is 5.35. The Morgan fingerprint density at radius 2 is 1.77 bits per heavy atom. The Labute approximate surface area is 191 Å². The molecule has 0 radical (unpaired) electrons. The Bertz CT molecular complexity index is 767. The van der Waals surface area contributed by atoms with Crippen molar-refractivity contribution in [2.75, 3.05) is 71.5 Å². The Balaban J connectivity index is 1.50. The van der Waals surface area contributed by atoms with Crippen molar-refractivity contribution in [1.82, 2.24) is 14.7 Å². The monoisotopic (exact) mass is 444 g/mol. The van der Waals surface area contributed by atoms with E-state index < -0.39 is 0 Å². The van der Waals surface area contributed by atoms with Crippen LogP contribution in [0.2, 0.25) is 0 Å². The van der Waals surface area contributed by atoms with Gasteiger partial charge in [0.05, 0.1) is 19.6 Å². The van der Waals surface area contributed by atoms with E-state index in [-0.39, 0.29) is 0 Å². The van der Waals surface area contributed by atoms with E-state index in [9.17, 15) is 0 Å². The molecule has 1 aromatic rings. The number of benzene rings is 1. The van der Waals surface area contributed by atoms with E-state index in [0.717, 1.165) is 71.3 Å². The van der Waals surface area contributed by atoms with Crippen molar-refractivity contribution >= 4 is 23.6 Å². The number of hydrogen-bond acceptors (Lipinski definition) is 5. The molecule has 7 heteroatoms. The minimum Gasteiger partial charge on any atom is -0.455 e. The van der Waals surface area contributed by atoms with E-state index in [0.29, 0.717) is 17.4 Å². The van der Waals surface area contributed by atoms with Crippen LogP contribution < -0.4 is 4.74 Å². The van der Waals surface area contributed by atoms with Gasteiger partial charge in [-0.05, 0) is 24.3 Å². The van der Waals surface area contributed by atoms with Crippen molar-refractivity contribution in [3.63, 3.8) is 0 Å². The van der Waals surface area contributed by atoms with Crippen LogP contribution in [0.4, 0.5) is 5.69 Å². The van der Waals surface area contributed by atoms with Crippen LogP contribution in [0, 0.1) is 0 Å². The predicted octanol–water partition coefficient (Wildman–Crippen LogP) is 3.54. The number of allylic oxidation sites excluding steroid dienone is 4. The normalized spacial score (nSPS) is 19.4. The van der Waals surface area contributed by atoms with Crippen LogP contribution in [-0.4, -0.2) is 92.5 Å². The third-order valence-corrected chi connectivity index (χ3v) is 5.53. The van der Waals surface area contributed by atoms with Gasteiger partial charge in [-0.25, -0.2) is 4.99 Å². The highest BCUT2D eigenvalue weighted by molar-refractivity contribution is 6.18. The molecule has 168 valence electrons. The van der Waals surface area contributed by atoms with Crippen molar-refractivity contribution in [1.29, 1.82) is 0 Å². The number of aliphatic imine (C=N–C) groups is 1. The van der Waals surface area contributed by atoms with Crippen LogP contribution in [-0.2, 0) is 4.74 Å². The fraction of sp³-hybridized carbons (Fsp3) is 0.458. The Morgan fingerprint density at radius 3 is 2.48 bits per heavy atom. The molecule has 0 amide bonds. The molecule has 1 aromatic carbocycles. The number of ether oxygens (including phenoxy) is 2. The number of nitrogens with zero attached hydrogens (tertiary/aromatic N) is 4. The van der Waals surface area contributed by atoms with Gasteiger partial charge < -0.3 is 14.4 Å². The molecule has 6 nitrogen and oxygen atoms in total. The summed E-state index contributed by atoms with van der Waals surface area (Å²) in [5.74, 6) is 1.80. The molecule has 3 rings (SSSR count). The Hall–Kier alpha value is -2.12. The third kappa shape index (κ3) is 8.15. The number of piperazine rings is 1. The minimum absolute atomic E-state index is 0.427. The summed E-state index contributed by atoms with van der Waals surface area (Å²) < 4.78 is 11.5. The molecule has 0 aromatic heterocycles. The molecule has 2 fully saturated rings. The summed E-state index contributed by atoms with van der Waals surface area (Å²) >= 11 is 5.75. The second-order valence-corrected chi connectivity index (χ2v) is 7.82. The summed E-state index contributed by atoms with van der Waals surface area (Å²) in [5.41, 5.74) is 0.798. The highest BCUT2D eigenvalue weighted by atomic mass is 35.5. The van der Waals surface area contributed by atoms with Crippen molar-refractivity contribution in [3.8, 4) is 5.75 Å². The molecule has 2 aliphatic rings. The van der Waals surface area contributed by atoms with Crippen molar-refractivity contribution in [2.24, 2.45) is 4.99 Å². The summed E-state index contributed by atoms with van der Waals surface area (Å²) in [7, 11) is 0. The molecule has 0 atom stereocenters. The fourth-order valence-corrected chi connectivity index (χ4v) is 3.62. The lowest BCUT2D eigenvalue weighted by molar-refractivity contribution is 0.0316. The summed E-state index contributed by atoms with van der Waals surface area (Å²) in [6.45, 7) is 13.9. The first kappa shape index (κ1) is 23.5. The molecule has 0 saturated carbocycles. The lowest BCUT2D eigenvalue weighted by Gasteiger charge is -2.35. The first-order chi connectivity index (χ1) is 15.3. The predicted molar refractivity (Wildman–Crippen MR) is 129 cm³/mol. The molecule has 0 N–H and O–H groups in total. The minimum atomic E-state index is 0.427. The summed E-state index contributed by atoms with van der Waals surface area (Å²) in [4.78, 5) is 12.0. The summed E-state index contributed by atoms with van der Waals surface area (Å²) in [6, 6.07) is 7.79. The number of hydrogen-bond donors (Lipinski definition) is 0. The van der Waals surface area contributed by atoms with Gasteiger partial charge in [0.2, 0.25) is 0 Å². The van der Waals surface area contributed by atoms with Gasteiger partial charge >= 0.3 is 0 Å². The van der Waals surface area contributed by atoms with Gasteiger partial charge in [0.25, 0.3) is 0 Å². The average molecular weight is 445 g/mol. The lowest BCUT2D eigenvalue weighted by Crippen LogP contribution is -2.48. The molecule has 0 unspecified atom stereocenters. The van der Waals surface area contributed by atoms with E-state index in [1.807, 2.05) is 42.8 Å². The zero-order valence-electron chi connectivity index (χ0n) is 18.2. The molecular formula is C24H33ClN4O2. The summed E-state index contributed by atoms with van der Waals surface area (Å²) in [6.07, 6.45) is 9.11. The number of para-hydroxylation sites is 2. The second-order valence-electron chi connectivity index (χ2n) is 7.51. The zero-order valence-corrected chi connectivity index (χ0v) is 18.9. The largest absolute Gasteiger partial charge is 0.455 e. The average Bonchev–Trinajstić information content (AvgIpc) is 2.82. The smallest absolute Gasteiger partial charge is 0.153 e. The molecule has 0 spiro atoms. The first-order valence-electron chi connectivity index (χ1n) is 10.9. The quantitative estimate of drug-likeness (QED) is 0.181. The molecule has 2 aliphatic heterocycles. The van der Waals surface area contributed by atoms with Crippen LogP contribution in [0.25, 0.3) is 0 Å². The Morgan fingerprint density at radius 1 is 1.06 bits per heavy atom. The van der Waals surface area contributed by atoms with E-state index >= 15 is 0 Å². The molecule has 0 aliphatic carbocycles. The van der Waals surface area contributed by atoms with Crippen molar-refractivity contribution in [3.05, 3.63) is 60.9 Å². The number of alkyl halides is 1. The van der Waals surface area contributed by atoms with E-state index in [1.54, 1.807) is 12.2 Å². The lowest BCUT2D eigenvalue weighted by atomic mass is 10.3. The fourth-order valence-electron chi connectivity index (χ4n) is 3.53. The standard InChI is InChI=1S/C24H33ClN4O2/c1-2-6-22(7-5-10-25)31-24-9-4-3-8-23(24)26-21-29-15-13-27(14-16-29)11-12-28-17-19-30-20-18-28/h2-9,21H,1,10-20H2/b7-5-,22-6+,26-21?. The van der Waals surface area contributed by atoms with Crippen LogP contribution in [0.15, 0.2) is 65.9 Å². The molecule has 2 heterocycles. The molecule has 0 bridgehead atoms. The maximum atomic E-state index is 6.02. The highest BCUT2D eigenvalue weighted by Crippen LogP contribution is 2.28. The maximum Gasteiger partial charge on any atom is 0.153 e. The second kappa shape index (κ2) is 13.3. The number of rotatable bonds is 10. The zero-order chi connectivity index (χ0) is 21.7. The van der Waals surface area contributed by atoms with Crippen molar-refractivity contribution < 1.29 is 9.47 Å². The van der Waals surface area contributed by atoms with Gasteiger partial charge in [-0.2, -0.15) is 0 Å². The van der Waals surface area contributed by atoms with Crippen LogP contribution >= 0.6 is 11.6 Å². The SMILES string of the molecule is C=C/C=C(\C=C/CCl)Oc1ccccc1N=CN1CCN(CCN2CCOCC2)CC1. The first-order valence-corrected chi connectivity index (χ1v) is 11.4. The highest BCUT2D eigenvalue weighted by Gasteiger charge is 2.17. The summed E-state index contributed by atoms with van der Waals surface area (Å²) in [5, 5.41) is 0. The van der Waals surface area contributed by atoms with Crippen LogP contribution in [0.5, 0.6) is 5.75 Å². The van der Waals surface area contributed by atoms with Gasteiger partial charge in [0.1, 0.15) is 11.4 Å². The van der Waals surface area contributed by atoms with Crippen LogP contribution in [0.3, 0.4) is 0 Å². The topological polar surface area (TPSA) is 40.5 Å². The van der Waals surface area contributed by atoms with Gasteiger partial charge in [0, 0.05) is 58.2 Å². The number of morpholine rings is 1. The van der Waals surface area contributed by atoms with Gasteiger partial charge in [0.15, 0.2) is 5.75 Å². The van der Waals surface area contributed by atoms with Crippen LogP contribution in [0.1, 0.15) is 0 Å². The van der Waals surface area contributed by atoms with E-state index in [2.05, 4.69) is 21.3 Å².